The van der Waals surface area contributed by atoms with Crippen LogP contribution in [0.25, 0.3) is 11.3 Å². The molecule has 1 atom stereocenters. The van der Waals surface area contributed by atoms with Gasteiger partial charge in [0, 0.05) is 17.7 Å². The maximum Gasteiger partial charge on any atom is 0.315 e. The molecule has 122 valence electrons. The number of nitrogens with one attached hydrogen (secondary N) is 2. The van der Waals surface area contributed by atoms with Crippen LogP contribution in [0, 0.1) is 0 Å². The van der Waals surface area contributed by atoms with Crippen LogP contribution < -0.4 is 10.6 Å². The minimum atomic E-state index is -3.01. The lowest BCUT2D eigenvalue weighted by Gasteiger charge is -2.10. The smallest absolute Gasteiger partial charge is 0.315 e. The number of hydrogen-bond acceptors (Lipinski definition) is 5. The first-order chi connectivity index (χ1) is 11.0. The highest BCUT2D eigenvalue weighted by molar-refractivity contribution is 7.91. The van der Waals surface area contributed by atoms with Crippen LogP contribution in [0.15, 0.2) is 40.9 Å². The van der Waals surface area contributed by atoms with E-state index in [0.29, 0.717) is 17.9 Å². The van der Waals surface area contributed by atoms with Crippen molar-refractivity contribution in [3.05, 3.63) is 42.2 Å². The Balaban J connectivity index is 1.51. The summed E-state index contributed by atoms with van der Waals surface area (Å²) in [4.78, 5) is 11.8. The molecule has 2 heterocycles. The van der Waals surface area contributed by atoms with Gasteiger partial charge in [0.15, 0.2) is 15.6 Å². The third-order valence-electron chi connectivity index (χ3n) is 3.62. The van der Waals surface area contributed by atoms with Gasteiger partial charge in [-0.3, -0.25) is 0 Å². The fraction of sp³-hybridized carbons (Fsp3) is 0.333. The average Bonchev–Trinajstić information content (AvgIpc) is 3.13. The number of nitrogens with zero attached hydrogens (tertiary/aromatic N) is 1. The minimum Gasteiger partial charge on any atom is -0.359 e. The molecular weight excluding hydrogens is 318 g/mol. The number of carbonyl (C=O) groups excluding carboxylic acids is 1. The molecule has 2 aromatic rings. The largest absolute Gasteiger partial charge is 0.359 e. The van der Waals surface area contributed by atoms with Crippen LogP contribution >= 0.6 is 0 Å². The fourth-order valence-corrected chi connectivity index (χ4v) is 4.13. The Morgan fingerprint density at radius 2 is 2.09 bits per heavy atom. The molecule has 1 aliphatic rings. The van der Waals surface area contributed by atoms with E-state index in [1.54, 1.807) is 6.07 Å². The highest BCUT2D eigenvalue weighted by Gasteiger charge is 2.28. The highest BCUT2D eigenvalue weighted by atomic mass is 32.2. The van der Waals surface area contributed by atoms with E-state index in [9.17, 15) is 13.2 Å². The first-order valence-corrected chi connectivity index (χ1v) is 9.10. The predicted molar refractivity (Wildman–Crippen MR) is 84.4 cm³/mol. The Bertz CT molecular complexity index is 786. The molecule has 8 heteroatoms. The lowest BCUT2D eigenvalue weighted by molar-refractivity contribution is 0.236. The number of carbonyl (C=O) groups is 1. The molecule has 1 aromatic carbocycles. The van der Waals surface area contributed by atoms with Crippen molar-refractivity contribution in [3.63, 3.8) is 0 Å². The van der Waals surface area contributed by atoms with E-state index in [0.717, 1.165) is 5.56 Å². The first-order valence-electron chi connectivity index (χ1n) is 7.28. The van der Waals surface area contributed by atoms with Gasteiger partial charge in [-0.2, -0.15) is 0 Å². The van der Waals surface area contributed by atoms with Crippen LogP contribution in [0.3, 0.4) is 0 Å². The van der Waals surface area contributed by atoms with E-state index >= 15 is 0 Å². The van der Waals surface area contributed by atoms with Crippen LogP contribution in [0.2, 0.25) is 0 Å². The van der Waals surface area contributed by atoms with E-state index in [4.69, 9.17) is 4.52 Å². The van der Waals surface area contributed by atoms with Crippen molar-refractivity contribution in [2.75, 3.05) is 11.5 Å². The van der Waals surface area contributed by atoms with Gasteiger partial charge in [0.25, 0.3) is 0 Å². The second-order valence-electron chi connectivity index (χ2n) is 5.47. The SMILES string of the molecule is O=C(NCc1cc(-c2ccccc2)no1)N[C@H]1CCS(=O)(=O)C1. The number of urea groups is 1. The molecule has 1 saturated heterocycles. The summed E-state index contributed by atoms with van der Waals surface area (Å²) >= 11 is 0. The molecule has 0 bridgehead atoms. The van der Waals surface area contributed by atoms with Gasteiger partial charge in [0.05, 0.1) is 18.1 Å². The van der Waals surface area contributed by atoms with E-state index in [-0.39, 0.29) is 24.1 Å². The van der Waals surface area contributed by atoms with Crippen molar-refractivity contribution in [1.82, 2.24) is 15.8 Å². The summed E-state index contributed by atoms with van der Waals surface area (Å²) in [5.74, 6) is 0.652. The third-order valence-corrected chi connectivity index (χ3v) is 5.39. The molecule has 0 saturated carbocycles. The van der Waals surface area contributed by atoms with E-state index in [2.05, 4.69) is 15.8 Å². The summed E-state index contributed by atoms with van der Waals surface area (Å²) < 4.78 is 27.9. The van der Waals surface area contributed by atoms with Crippen LogP contribution in [0.1, 0.15) is 12.2 Å². The molecule has 1 aromatic heterocycles. The Morgan fingerprint density at radius 3 is 2.78 bits per heavy atom. The lowest BCUT2D eigenvalue weighted by atomic mass is 10.1. The summed E-state index contributed by atoms with van der Waals surface area (Å²) in [6.45, 7) is 0.186. The maximum absolute atomic E-state index is 11.8. The fourth-order valence-electron chi connectivity index (χ4n) is 2.45. The molecule has 0 aliphatic carbocycles. The number of amides is 2. The van der Waals surface area contributed by atoms with Gasteiger partial charge in [-0.05, 0) is 6.42 Å². The lowest BCUT2D eigenvalue weighted by Crippen LogP contribution is -2.42. The molecule has 0 radical (unpaired) electrons. The van der Waals surface area contributed by atoms with Crippen LogP contribution in [-0.2, 0) is 16.4 Å². The Labute approximate surface area is 134 Å². The number of benzene rings is 1. The van der Waals surface area contributed by atoms with E-state index in [1.807, 2.05) is 30.3 Å². The molecule has 23 heavy (non-hydrogen) atoms. The quantitative estimate of drug-likeness (QED) is 0.878. The number of sulfone groups is 1. The summed E-state index contributed by atoms with van der Waals surface area (Å²) in [6.07, 6.45) is 0.455. The third kappa shape index (κ3) is 4.10. The van der Waals surface area contributed by atoms with Gasteiger partial charge in [0.1, 0.15) is 5.69 Å². The Morgan fingerprint density at radius 1 is 1.30 bits per heavy atom. The molecule has 2 amide bonds. The molecule has 0 spiro atoms. The molecule has 2 N–H and O–H groups in total. The van der Waals surface area contributed by atoms with Crippen molar-refractivity contribution in [2.45, 2.75) is 19.0 Å². The molecular formula is C15H17N3O4S. The number of hydrogen-bond donors (Lipinski definition) is 2. The van der Waals surface area contributed by atoms with Gasteiger partial charge in [-0.1, -0.05) is 35.5 Å². The first kappa shape index (κ1) is 15.5. The summed E-state index contributed by atoms with van der Waals surface area (Å²) in [7, 11) is -3.01. The Kier molecular flexibility index (Phi) is 4.33. The molecule has 1 fully saturated rings. The summed E-state index contributed by atoms with van der Waals surface area (Å²) in [5, 5.41) is 9.25. The predicted octanol–water partition coefficient (Wildman–Crippen LogP) is 1.33. The monoisotopic (exact) mass is 335 g/mol. The standard InChI is InChI=1S/C15H17N3O4S/c19-15(17-12-6-7-23(20,21)10-12)16-9-13-8-14(18-22-13)11-4-2-1-3-5-11/h1-5,8,12H,6-7,9-10H2,(H2,16,17,19)/t12-/m0/s1. The van der Waals surface area contributed by atoms with E-state index < -0.39 is 15.9 Å². The second-order valence-corrected chi connectivity index (χ2v) is 7.70. The van der Waals surface area contributed by atoms with E-state index in [1.165, 1.54) is 0 Å². The number of rotatable bonds is 4. The van der Waals surface area contributed by atoms with Crippen LogP contribution in [-0.4, -0.2) is 37.2 Å². The zero-order chi connectivity index (χ0) is 16.3. The molecule has 3 rings (SSSR count). The normalized spacial score (nSPS) is 19.4. The zero-order valence-corrected chi connectivity index (χ0v) is 13.2. The Hall–Kier alpha value is -2.35. The van der Waals surface area contributed by atoms with Gasteiger partial charge in [0.2, 0.25) is 0 Å². The second kappa shape index (κ2) is 6.41. The molecule has 7 nitrogen and oxygen atoms in total. The van der Waals surface area contributed by atoms with Crippen molar-refractivity contribution >= 4 is 15.9 Å². The molecule has 1 aliphatic heterocycles. The van der Waals surface area contributed by atoms with Gasteiger partial charge >= 0.3 is 6.03 Å². The van der Waals surface area contributed by atoms with Crippen LogP contribution in [0.4, 0.5) is 4.79 Å². The number of aromatic nitrogens is 1. The van der Waals surface area contributed by atoms with Gasteiger partial charge < -0.3 is 15.2 Å². The molecule has 0 unspecified atom stereocenters. The van der Waals surface area contributed by atoms with Crippen LogP contribution in [0.5, 0.6) is 0 Å². The van der Waals surface area contributed by atoms with Crippen molar-refractivity contribution in [3.8, 4) is 11.3 Å². The topological polar surface area (TPSA) is 101 Å². The summed E-state index contributed by atoms with van der Waals surface area (Å²) in [5.41, 5.74) is 1.63. The maximum atomic E-state index is 11.8. The van der Waals surface area contributed by atoms with Gasteiger partial charge in [-0.25, -0.2) is 13.2 Å². The van der Waals surface area contributed by atoms with Gasteiger partial charge in [-0.15, -0.1) is 0 Å². The zero-order valence-electron chi connectivity index (χ0n) is 12.4. The van der Waals surface area contributed by atoms with Crippen molar-refractivity contribution in [2.24, 2.45) is 0 Å². The van der Waals surface area contributed by atoms with Crippen molar-refractivity contribution < 1.29 is 17.7 Å². The van der Waals surface area contributed by atoms with Crippen molar-refractivity contribution in [1.29, 1.82) is 0 Å². The minimum absolute atomic E-state index is 0.000876. The average molecular weight is 335 g/mol. The highest BCUT2D eigenvalue weighted by Crippen LogP contribution is 2.18. The summed E-state index contributed by atoms with van der Waals surface area (Å²) in [6, 6.07) is 10.6.